The van der Waals surface area contributed by atoms with Crippen LogP contribution in [0, 0.1) is 6.92 Å². The van der Waals surface area contributed by atoms with E-state index in [0.29, 0.717) is 0 Å². The quantitative estimate of drug-likeness (QED) is 0.679. The summed E-state index contributed by atoms with van der Waals surface area (Å²) >= 11 is 1.56. The molecule has 1 aliphatic carbocycles. The van der Waals surface area contributed by atoms with E-state index in [-0.39, 0.29) is 5.41 Å². The number of thiazole rings is 1. The molecule has 0 spiro atoms. The van der Waals surface area contributed by atoms with E-state index in [4.69, 9.17) is 0 Å². The molecule has 0 unspecified atom stereocenters. The van der Waals surface area contributed by atoms with Crippen molar-refractivity contribution in [1.29, 1.82) is 0 Å². The molecule has 3 heteroatoms. The monoisotopic (exact) mass is 195 g/mol. The van der Waals surface area contributed by atoms with Gasteiger partial charge in [0.15, 0.2) is 6.29 Å². The summed E-state index contributed by atoms with van der Waals surface area (Å²) in [6, 6.07) is 0. The summed E-state index contributed by atoms with van der Waals surface area (Å²) < 4.78 is 0. The van der Waals surface area contributed by atoms with E-state index in [0.717, 1.165) is 21.9 Å². The zero-order valence-electron chi connectivity index (χ0n) is 7.96. The number of aldehydes is 1. The molecule has 13 heavy (non-hydrogen) atoms. The second-order valence-corrected chi connectivity index (χ2v) is 5.03. The maximum absolute atomic E-state index is 10.6. The Bertz CT molecular complexity index is 339. The van der Waals surface area contributed by atoms with Crippen molar-refractivity contribution in [3.05, 3.63) is 15.6 Å². The van der Waals surface area contributed by atoms with E-state index in [1.165, 1.54) is 19.3 Å². The molecule has 1 aromatic rings. The Morgan fingerprint density at radius 2 is 2.23 bits per heavy atom. The lowest BCUT2D eigenvalue weighted by Gasteiger charge is -2.36. The molecule has 0 saturated heterocycles. The van der Waals surface area contributed by atoms with Crippen molar-refractivity contribution in [2.75, 3.05) is 0 Å². The summed E-state index contributed by atoms with van der Waals surface area (Å²) in [5.41, 5.74) is 1.17. The first-order valence-corrected chi connectivity index (χ1v) is 5.40. The highest BCUT2D eigenvalue weighted by molar-refractivity contribution is 7.13. The minimum absolute atomic E-state index is 0.274. The highest BCUT2D eigenvalue weighted by atomic mass is 32.1. The van der Waals surface area contributed by atoms with Gasteiger partial charge in [0.05, 0.1) is 15.6 Å². The molecule has 0 aromatic carbocycles. The number of hydrogen-bond donors (Lipinski definition) is 0. The van der Waals surface area contributed by atoms with Gasteiger partial charge in [0.25, 0.3) is 0 Å². The number of carbonyl (C=O) groups excluding carboxylic acids is 1. The highest BCUT2D eigenvalue weighted by Gasteiger charge is 2.36. The van der Waals surface area contributed by atoms with Gasteiger partial charge >= 0.3 is 0 Å². The van der Waals surface area contributed by atoms with Gasteiger partial charge in [-0.15, -0.1) is 11.3 Å². The molecular formula is C10H13NOS. The van der Waals surface area contributed by atoms with E-state index in [2.05, 4.69) is 11.9 Å². The maximum Gasteiger partial charge on any atom is 0.161 e. The summed E-state index contributed by atoms with van der Waals surface area (Å²) in [4.78, 5) is 15.9. The Hall–Kier alpha value is -0.700. The van der Waals surface area contributed by atoms with E-state index < -0.39 is 0 Å². The van der Waals surface area contributed by atoms with Gasteiger partial charge in [-0.2, -0.15) is 0 Å². The summed E-state index contributed by atoms with van der Waals surface area (Å²) in [7, 11) is 0. The average Bonchev–Trinajstić information content (AvgIpc) is 2.43. The summed E-state index contributed by atoms with van der Waals surface area (Å²) in [6.07, 6.45) is 4.65. The van der Waals surface area contributed by atoms with E-state index in [9.17, 15) is 4.79 Å². The minimum atomic E-state index is 0.274. The molecular weight excluding hydrogens is 182 g/mol. The van der Waals surface area contributed by atoms with Crippen LogP contribution >= 0.6 is 11.3 Å². The van der Waals surface area contributed by atoms with Crippen LogP contribution in [-0.2, 0) is 5.41 Å². The molecule has 0 aliphatic heterocycles. The van der Waals surface area contributed by atoms with Crippen LogP contribution in [0.2, 0.25) is 0 Å². The molecule has 0 N–H and O–H groups in total. The summed E-state index contributed by atoms with van der Waals surface area (Å²) in [6.45, 7) is 4.15. The molecule has 2 rings (SSSR count). The molecule has 1 saturated carbocycles. The lowest BCUT2D eigenvalue weighted by Crippen LogP contribution is -2.30. The van der Waals surface area contributed by atoms with E-state index in [1.54, 1.807) is 11.3 Å². The van der Waals surface area contributed by atoms with Gasteiger partial charge in [0.1, 0.15) is 0 Å². The molecule has 0 radical (unpaired) electrons. The third-order valence-electron chi connectivity index (χ3n) is 2.91. The minimum Gasteiger partial charge on any atom is -0.297 e. The van der Waals surface area contributed by atoms with E-state index in [1.807, 2.05) is 6.92 Å². The van der Waals surface area contributed by atoms with Crippen molar-refractivity contribution in [1.82, 2.24) is 4.98 Å². The molecule has 2 nitrogen and oxygen atoms in total. The Labute approximate surface area is 82.0 Å². The SMILES string of the molecule is Cc1nc(C2(C)CCC2)sc1C=O. The van der Waals surface area contributed by atoms with Crippen LogP contribution in [0.1, 0.15) is 46.6 Å². The third-order valence-corrected chi connectivity index (χ3v) is 4.30. The van der Waals surface area contributed by atoms with Gasteiger partial charge in [0.2, 0.25) is 0 Å². The van der Waals surface area contributed by atoms with Crippen molar-refractivity contribution in [2.45, 2.75) is 38.5 Å². The molecule has 0 atom stereocenters. The van der Waals surface area contributed by atoms with Crippen LogP contribution < -0.4 is 0 Å². The van der Waals surface area contributed by atoms with Crippen molar-refractivity contribution in [2.24, 2.45) is 0 Å². The van der Waals surface area contributed by atoms with Crippen LogP contribution in [0.3, 0.4) is 0 Å². The van der Waals surface area contributed by atoms with E-state index >= 15 is 0 Å². The topological polar surface area (TPSA) is 30.0 Å². The predicted molar refractivity (Wildman–Crippen MR) is 53.4 cm³/mol. The number of hydrogen-bond acceptors (Lipinski definition) is 3. The first kappa shape index (κ1) is 8.88. The number of aryl methyl sites for hydroxylation is 1. The Morgan fingerprint density at radius 1 is 1.54 bits per heavy atom. The molecule has 1 aromatic heterocycles. The number of nitrogens with zero attached hydrogens (tertiary/aromatic N) is 1. The van der Waals surface area contributed by atoms with Crippen molar-refractivity contribution in [3.63, 3.8) is 0 Å². The summed E-state index contributed by atoms with van der Waals surface area (Å²) in [5, 5.41) is 1.15. The van der Waals surface area contributed by atoms with Crippen LogP contribution in [0.15, 0.2) is 0 Å². The fourth-order valence-electron chi connectivity index (χ4n) is 1.70. The van der Waals surface area contributed by atoms with Crippen LogP contribution in [0.5, 0.6) is 0 Å². The fourth-order valence-corrected chi connectivity index (χ4v) is 2.78. The smallest absolute Gasteiger partial charge is 0.161 e. The van der Waals surface area contributed by atoms with Gasteiger partial charge in [0, 0.05) is 5.41 Å². The van der Waals surface area contributed by atoms with Gasteiger partial charge < -0.3 is 0 Å². The largest absolute Gasteiger partial charge is 0.297 e. The second kappa shape index (κ2) is 2.91. The second-order valence-electron chi connectivity index (χ2n) is 4.00. The zero-order chi connectivity index (χ0) is 9.47. The van der Waals surface area contributed by atoms with Gasteiger partial charge in [-0.1, -0.05) is 13.3 Å². The molecule has 70 valence electrons. The average molecular weight is 195 g/mol. The van der Waals surface area contributed by atoms with Crippen molar-refractivity contribution < 1.29 is 4.79 Å². The number of carbonyl (C=O) groups is 1. The standard InChI is InChI=1S/C10H13NOS/c1-7-8(6-12)13-9(11-7)10(2)4-3-5-10/h6H,3-5H2,1-2H3. The third kappa shape index (κ3) is 1.31. The van der Waals surface area contributed by atoms with Crippen LogP contribution in [0.4, 0.5) is 0 Å². The normalized spacial score (nSPS) is 19.5. The van der Waals surface area contributed by atoms with Gasteiger partial charge in [-0.25, -0.2) is 4.98 Å². The zero-order valence-corrected chi connectivity index (χ0v) is 8.78. The lowest BCUT2D eigenvalue weighted by atomic mass is 9.71. The van der Waals surface area contributed by atoms with Crippen LogP contribution in [-0.4, -0.2) is 11.3 Å². The molecule has 1 fully saturated rings. The van der Waals surface area contributed by atoms with Gasteiger partial charge in [-0.05, 0) is 19.8 Å². The van der Waals surface area contributed by atoms with Crippen molar-refractivity contribution >= 4 is 17.6 Å². The molecule has 0 bridgehead atoms. The lowest BCUT2D eigenvalue weighted by molar-refractivity contribution is 0.112. The number of aromatic nitrogens is 1. The summed E-state index contributed by atoms with van der Waals surface area (Å²) in [5.74, 6) is 0. The van der Waals surface area contributed by atoms with Gasteiger partial charge in [-0.3, -0.25) is 4.79 Å². The van der Waals surface area contributed by atoms with Crippen LogP contribution in [0.25, 0.3) is 0 Å². The van der Waals surface area contributed by atoms with Crippen molar-refractivity contribution in [3.8, 4) is 0 Å². The molecule has 1 aliphatic rings. The number of rotatable bonds is 2. The first-order valence-electron chi connectivity index (χ1n) is 4.59. The Morgan fingerprint density at radius 3 is 2.62 bits per heavy atom. The molecule has 1 heterocycles. The molecule has 0 amide bonds. The fraction of sp³-hybridized carbons (Fsp3) is 0.600. The Kier molecular flexibility index (Phi) is 1.99. The highest BCUT2D eigenvalue weighted by Crippen LogP contribution is 2.44. The predicted octanol–water partition coefficient (Wildman–Crippen LogP) is 2.71. The first-order chi connectivity index (χ1) is 6.15. The maximum atomic E-state index is 10.6. The Balaban J connectivity index is 2.36.